The van der Waals surface area contributed by atoms with E-state index in [4.69, 9.17) is 0 Å². The van der Waals surface area contributed by atoms with Crippen LogP contribution in [0.15, 0.2) is 35.3 Å². The van der Waals surface area contributed by atoms with E-state index >= 15 is 0 Å². The molecule has 0 radical (unpaired) electrons. The summed E-state index contributed by atoms with van der Waals surface area (Å²) < 4.78 is 0. The molecular weight excluding hydrogens is 308 g/mol. The SMILES string of the molecule is CN=C(NCCCCN1CCC(Cc2ccccc2)CC1)NC(C)C. The van der Waals surface area contributed by atoms with E-state index in [1.165, 1.54) is 57.3 Å². The van der Waals surface area contributed by atoms with E-state index < -0.39 is 0 Å². The van der Waals surface area contributed by atoms with E-state index in [2.05, 4.69) is 64.7 Å². The van der Waals surface area contributed by atoms with Crippen molar-refractivity contribution in [3.63, 3.8) is 0 Å². The number of nitrogens with one attached hydrogen (secondary N) is 2. The van der Waals surface area contributed by atoms with Gasteiger partial charge in [-0.25, -0.2) is 0 Å². The number of hydrogen-bond donors (Lipinski definition) is 2. The largest absolute Gasteiger partial charge is 0.356 e. The van der Waals surface area contributed by atoms with Gasteiger partial charge in [0.25, 0.3) is 0 Å². The van der Waals surface area contributed by atoms with Crippen LogP contribution < -0.4 is 10.6 Å². The average molecular weight is 345 g/mol. The lowest BCUT2D eigenvalue weighted by Crippen LogP contribution is -2.41. The van der Waals surface area contributed by atoms with Gasteiger partial charge in [-0.15, -0.1) is 0 Å². The van der Waals surface area contributed by atoms with E-state index in [1.54, 1.807) is 0 Å². The molecule has 0 aliphatic carbocycles. The highest BCUT2D eigenvalue weighted by atomic mass is 15.2. The predicted octanol–water partition coefficient (Wildman–Crippen LogP) is 3.29. The lowest BCUT2D eigenvalue weighted by molar-refractivity contribution is 0.181. The van der Waals surface area contributed by atoms with Crippen LogP contribution in [0.1, 0.15) is 45.1 Å². The maximum Gasteiger partial charge on any atom is 0.191 e. The Morgan fingerprint density at radius 1 is 1.16 bits per heavy atom. The quantitative estimate of drug-likeness (QED) is 0.432. The van der Waals surface area contributed by atoms with Crippen LogP contribution in [0.4, 0.5) is 0 Å². The lowest BCUT2D eigenvalue weighted by atomic mass is 9.90. The molecule has 1 aliphatic heterocycles. The first kappa shape index (κ1) is 19.8. The van der Waals surface area contributed by atoms with Crippen LogP contribution in [0, 0.1) is 5.92 Å². The number of nitrogens with zero attached hydrogens (tertiary/aromatic N) is 2. The molecule has 4 nitrogen and oxygen atoms in total. The first-order chi connectivity index (χ1) is 12.2. The van der Waals surface area contributed by atoms with Gasteiger partial charge in [-0.3, -0.25) is 4.99 Å². The first-order valence-electron chi connectivity index (χ1n) is 9.91. The lowest BCUT2D eigenvalue weighted by Gasteiger charge is -2.32. The Morgan fingerprint density at radius 2 is 1.88 bits per heavy atom. The van der Waals surface area contributed by atoms with Gasteiger partial charge in [-0.05, 0) is 77.1 Å². The van der Waals surface area contributed by atoms with E-state index in [9.17, 15) is 0 Å². The minimum Gasteiger partial charge on any atom is -0.356 e. The number of benzene rings is 1. The molecule has 0 amide bonds. The van der Waals surface area contributed by atoms with Crippen LogP contribution >= 0.6 is 0 Å². The molecule has 0 saturated carbocycles. The van der Waals surface area contributed by atoms with Gasteiger partial charge in [0.05, 0.1) is 0 Å². The van der Waals surface area contributed by atoms with E-state index in [1.807, 2.05) is 7.05 Å². The van der Waals surface area contributed by atoms with E-state index in [-0.39, 0.29) is 0 Å². The van der Waals surface area contributed by atoms with E-state index in [0.29, 0.717) is 6.04 Å². The number of rotatable bonds is 8. The van der Waals surface area contributed by atoms with Crippen molar-refractivity contribution in [1.82, 2.24) is 15.5 Å². The van der Waals surface area contributed by atoms with Crippen LogP contribution in [0.3, 0.4) is 0 Å². The zero-order valence-electron chi connectivity index (χ0n) is 16.3. The number of hydrogen-bond acceptors (Lipinski definition) is 2. The minimum absolute atomic E-state index is 0.420. The van der Waals surface area contributed by atoms with Crippen molar-refractivity contribution in [3.8, 4) is 0 Å². The number of unbranched alkanes of at least 4 members (excludes halogenated alkanes) is 1. The molecule has 2 N–H and O–H groups in total. The maximum absolute atomic E-state index is 4.24. The Bertz CT molecular complexity index is 490. The summed E-state index contributed by atoms with van der Waals surface area (Å²) in [5.41, 5.74) is 1.50. The summed E-state index contributed by atoms with van der Waals surface area (Å²) in [6, 6.07) is 11.4. The standard InChI is InChI=1S/C21H36N4/c1-18(2)24-21(22-3)23-13-7-8-14-25-15-11-20(12-16-25)17-19-9-5-4-6-10-19/h4-6,9-10,18,20H,7-8,11-17H2,1-3H3,(H2,22,23,24). The molecule has 0 spiro atoms. The highest BCUT2D eigenvalue weighted by Crippen LogP contribution is 2.21. The summed E-state index contributed by atoms with van der Waals surface area (Å²) in [7, 11) is 1.83. The summed E-state index contributed by atoms with van der Waals surface area (Å²) in [6.45, 7) is 9.03. The number of aliphatic imine (C=N–C) groups is 1. The Labute approximate surface area is 154 Å². The second kappa shape index (κ2) is 11.1. The number of piperidine rings is 1. The van der Waals surface area contributed by atoms with Crippen molar-refractivity contribution in [3.05, 3.63) is 35.9 Å². The minimum atomic E-state index is 0.420. The van der Waals surface area contributed by atoms with Gasteiger partial charge in [0.15, 0.2) is 5.96 Å². The molecule has 1 aliphatic rings. The first-order valence-corrected chi connectivity index (χ1v) is 9.91. The topological polar surface area (TPSA) is 39.7 Å². The van der Waals surface area contributed by atoms with Gasteiger partial charge in [-0.2, -0.15) is 0 Å². The second-order valence-electron chi connectivity index (χ2n) is 7.48. The fourth-order valence-electron chi connectivity index (χ4n) is 3.50. The van der Waals surface area contributed by atoms with Crippen LogP contribution in [-0.2, 0) is 6.42 Å². The molecule has 0 bridgehead atoms. The predicted molar refractivity (Wildman–Crippen MR) is 108 cm³/mol. The molecule has 1 aromatic carbocycles. The summed E-state index contributed by atoms with van der Waals surface area (Å²) in [4.78, 5) is 6.88. The molecule has 1 aromatic rings. The molecule has 1 fully saturated rings. The van der Waals surface area contributed by atoms with Crippen LogP contribution in [-0.4, -0.2) is 50.1 Å². The zero-order chi connectivity index (χ0) is 17.9. The Balaban J connectivity index is 1.54. The smallest absolute Gasteiger partial charge is 0.191 e. The Hall–Kier alpha value is -1.55. The van der Waals surface area contributed by atoms with Crippen LogP contribution in [0.25, 0.3) is 0 Å². The zero-order valence-corrected chi connectivity index (χ0v) is 16.3. The fraction of sp³-hybridized carbons (Fsp3) is 0.667. The molecule has 0 unspecified atom stereocenters. The third-order valence-electron chi connectivity index (χ3n) is 4.92. The second-order valence-corrected chi connectivity index (χ2v) is 7.48. The van der Waals surface area contributed by atoms with Crippen molar-refractivity contribution in [2.75, 3.05) is 33.2 Å². The van der Waals surface area contributed by atoms with Crippen molar-refractivity contribution in [2.24, 2.45) is 10.9 Å². The molecule has 1 heterocycles. The van der Waals surface area contributed by atoms with Gasteiger partial charge in [0, 0.05) is 19.6 Å². The normalized spacial score (nSPS) is 17.0. The Morgan fingerprint density at radius 3 is 2.52 bits per heavy atom. The fourth-order valence-corrected chi connectivity index (χ4v) is 3.50. The van der Waals surface area contributed by atoms with Crippen LogP contribution in [0.5, 0.6) is 0 Å². The van der Waals surface area contributed by atoms with E-state index in [0.717, 1.165) is 18.4 Å². The molecule has 4 heteroatoms. The number of guanidine groups is 1. The average Bonchev–Trinajstić information content (AvgIpc) is 2.62. The molecule has 140 valence electrons. The maximum atomic E-state index is 4.24. The monoisotopic (exact) mass is 344 g/mol. The third kappa shape index (κ3) is 7.91. The van der Waals surface area contributed by atoms with Crippen molar-refractivity contribution >= 4 is 5.96 Å². The Kier molecular flexibility index (Phi) is 8.81. The molecule has 1 saturated heterocycles. The summed E-state index contributed by atoms with van der Waals surface area (Å²) in [5.74, 6) is 1.78. The molecule has 0 atom stereocenters. The van der Waals surface area contributed by atoms with Crippen molar-refractivity contribution in [2.45, 2.75) is 52.0 Å². The van der Waals surface area contributed by atoms with Gasteiger partial charge in [-0.1, -0.05) is 30.3 Å². The highest BCUT2D eigenvalue weighted by Gasteiger charge is 2.18. The van der Waals surface area contributed by atoms with Crippen LogP contribution in [0.2, 0.25) is 0 Å². The van der Waals surface area contributed by atoms with Crippen molar-refractivity contribution < 1.29 is 0 Å². The molecular formula is C21H36N4. The molecule has 2 rings (SSSR count). The number of likely N-dealkylation sites (tertiary alicyclic amines) is 1. The summed E-state index contributed by atoms with van der Waals surface area (Å²) in [6.07, 6.45) is 6.40. The molecule has 25 heavy (non-hydrogen) atoms. The van der Waals surface area contributed by atoms with Gasteiger partial charge in [0.2, 0.25) is 0 Å². The highest BCUT2D eigenvalue weighted by molar-refractivity contribution is 5.79. The van der Waals surface area contributed by atoms with Gasteiger partial charge in [0.1, 0.15) is 0 Å². The van der Waals surface area contributed by atoms with Gasteiger partial charge < -0.3 is 15.5 Å². The third-order valence-corrected chi connectivity index (χ3v) is 4.92. The summed E-state index contributed by atoms with van der Waals surface area (Å²) in [5, 5.41) is 6.72. The molecule has 0 aromatic heterocycles. The van der Waals surface area contributed by atoms with Crippen molar-refractivity contribution in [1.29, 1.82) is 0 Å². The summed E-state index contributed by atoms with van der Waals surface area (Å²) >= 11 is 0. The van der Waals surface area contributed by atoms with Gasteiger partial charge >= 0.3 is 0 Å².